The van der Waals surface area contributed by atoms with Crippen LogP contribution in [-0.2, 0) is 10.3 Å². The highest BCUT2D eigenvalue weighted by Gasteiger charge is 2.55. The molecular formula is C18H22O3. The first kappa shape index (κ1) is 14.3. The van der Waals surface area contributed by atoms with E-state index in [2.05, 4.69) is 13.0 Å². The van der Waals surface area contributed by atoms with Gasteiger partial charge in [-0.05, 0) is 24.5 Å². The van der Waals surface area contributed by atoms with E-state index in [1.807, 2.05) is 18.2 Å². The predicted octanol–water partition coefficient (Wildman–Crippen LogP) is 3.87. The quantitative estimate of drug-likeness (QED) is 0.771. The molecule has 0 aliphatic heterocycles. The van der Waals surface area contributed by atoms with Crippen molar-refractivity contribution in [2.75, 3.05) is 14.2 Å². The van der Waals surface area contributed by atoms with E-state index in [1.54, 1.807) is 14.2 Å². The van der Waals surface area contributed by atoms with Crippen molar-refractivity contribution in [3.63, 3.8) is 0 Å². The van der Waals surface area contributed by atoms with Gasteiger partial charge in [-0.25, -0.2) is 0 Å². The smallest absolute Gasteiger partial charge is 0.177 e. The Bertz CT molecular complexity index is 602. The van der Waals surface area contributed by atoms with Crippen molar-refractivity contribution < 1.29 is 14.3 Å². The first-order valence-electron chi connectivity index (χ1n) is 7.64. The van der Waals surface area contributed by atoms with Gasteiger partial charge in [-0.15, -0.1) is 0 Å². The van der Waals surface area contributed by atoms with Crippen molar-refractivity contribution in [3.8, 4) is 5.75 Å². The fraction of sp³-hybridized carbons (Fsp3) is 0.500. The second kappa shape index (κ2) is 5.30. The third kappa shape index (κ3) is 1.95. The lowest BCUT2D eigenvalue weighted by atomic mass is 9.88. The van der Waals surface area contributed by atoms with Gasteiger partial charge in [-0.2, -0.15) is 0 Å². The van der Waals surface area contributed by atoms with E-state index in [1.165, 1.54) is 12.0 Å². The van der Waals surface area contributed by atoms with Gasteiger partial charge in [0.2, 0.25) is 0 Å². The van der Waals surface area contributed by atoms with Crippen LogP contribution in [0.1, 0.15) is 48.5 Å². The summed E-state index contributed by atoms with van der Waals surface area (Å²) in [5.74, 6) is 0.600. The molecule has 3 heteroatoms. The molecule has 2 aliphatic rings. The lowest BCUT2D eigenvalue weighted by Gasteiger charge is -2.28. The Labute approximate surface area is 125 Å². The molecule has 3 nitrogen and oxygen atoms in total. The fourth-order valence-electron chi connectivity index (χ4n) is 3.77. The van der Waals surface area contributed by atoms with Gasteiger partial charge in [0.1, 0.15) is 11.4 Å². The van der Waals surface area contributed by atoms with Gasteiger partial charge < -0.3 is 9.47 Å². The molecule has 2 aliphatic carbocycles. The number of carbonyl (C=O) groups is 1. The zero-order chi connectivity index (χ0) is 15.0. The van der Waals surface area contributed by atoms with Crippen LogP contribution in [-0.4, -0.2) is 20.0 Å². The van der Waals surface area contributed by atoms with Crippen molar-refractivity contribution in [1.82, 2.24) is 0 Å². The highest BCUT2D eigenvalue weighted by atomic mass is 16.5. The number of unbranched alkanes of at least 4 members (excludes halogenated alkanes) is 1. The van der Waals surface area contributed by atoms with Crippen LogP contribution in [0.4, 0.5) is 0 Å². The summed E-state index contributed by atoms with van der Waals surface area (Å²) in [4.78, 5) is 12.8. The number of ketones is 1. The summed E-state index contributed by atoms with van der Waals surface area (Å²) in [5, 5.41) is 0. The van der Waals surface area contributed by atoms with Gasteiger partial charge in [0.05, 0.1) is 18.6 Å². The van der Waals surface area contributed by atoms with Crippen molar-refractivity contribution in [2.24, 2.45) is 5.92 Å². The zero-order valence-corrected chi connectivity index (χ0v) is 12.9. The van der Waals surface area contributed by atoms with E-state index in [-0.39, 0.29) is 11.7 Å². The molecule has 0 N–H and O–H groups in total. The number of ether oxygens (including phenoxy) is 2. The third-order valence-corrected chi connectivity index (χ3v) is 4.84. The Morgan fingerprint density at radius 3 is 2.81 bits per heavy atom. The Morgan fingerprint density at radius 2 is 2.14 bits per heavy atom. The standard InChI is InChI=1S/C18H22O3/c1-4-5-7-12-10-14-17(19)16-13(18(14,11-12)21-3)8-6-9-15(16)20-2/h6,8-10,14H,4-5,7,11H2,1-3H3. The molecular weight excluding hydrogens is 264 g/mol. The molecule has 2 unspecified atom stereocenters. The number of hydrogen-bond donors (Lipinski definition) is 0. The van der Waals surface area contributed by atoms with Gasteiger partial charge in [0.25, 0.3) is 0 Å². The van der Waals surface area contributed by atoms with Gasteiger partial charge in [-0.1, -0.05) is 37.1 Å². The summed E-state index contributed by atoms with van der Waals surface area (Å²) in [6.45, 7) is 2.19. The zero-order valence-electron chi connectivity index (χ0n) is 12.9. The lowest BCUT2D eigenvalue weighted by Crippen LogP contribution is -2.31. The predicted molar refractivity (Wildman–Crippen MR) is 81.7 cm³/mol. The first-order chi connectivity index (χ1) is 10.2. The average Bonchev–Trinajstić information content (AvgIpc) is 3.00. The van der Waals surface area contributed by atoms with Gasteiger partial charge in [-0.3, -0.25) is 4.79 Å². The van der Waals surface area contributed by atoms with Crippen LogP contribution in [0, 0.1) is 5.92 Å². The van der Waals surface area contributed by atoms with Crippen molar-refractivity contribution in [3.05, 3.63) is 41.0 Å². The minimum atomic E-state index is -0.510. The molecule has 21 heavy (non-hydrogen) atoms. The monoisotopic (exact) mass is 286 g/mol. The molecule has 0 bridgehead atoms. The first-order valence-corrected chi connectivity index (χ1v) is 7.64. The van der Waals surface area contributed by atoms with Crippen LogP contribution in [0.25, 0.3) is 0 Å². The molecule has 0 fully saturated rings. The molecule has 0 aromatic heterocycles. The Hall–Kier alpha value is -1.61. The number of carbonyl (C=O) groups excluding carboxylic acids is 1. The molecule has 0 spiro atoms. The molecule has 0 saturated heterocycles. The highest BCUT2D eigenvalue weighted by molar-refractivity contribution is 6.07. The summed E-state index contributed by atoms with van der Waals surface area (Å²) in [6.07, 6.45) is 6.35. The highest BCUT2D eigenvalue weighted by Crippen LogP contribution is 2.55. The molecule has 0 saturated carbocycles. The van der Waals surface area contributed by atoms with Crippen LogP contribution in [0.5, 0.6) is 5.75 Å². The number of methoxy groups -OCH3 is 2. The Morgan fingerprint density at radius 1 is 1.33 bits per heavy atom. The Balaban J connectivity index is 2.04. The van der Waals surface area contributed by atoms with E-state index >= 15 is 0 Å². The van der Waals surface area contributed by atoms with Crippen LogP contribution in [0.3, 0.4) is 0 Å². The van der Waals surface area contributed by atoms with E-state index in [0.717, 1.165) is 24.8 Å². The number of hydrogen-bond acceptors (Lipinski definition) is 3. The van der Waals surface area contributed by atoms with Gasteiger partial charge in [0, 0.05) is 13.5 Å². The lowest BCUT2D eigenvalue weighted by molar-refractivity contribution is -0.0255. The maximum Gasteiger partial charge on any atom is 0.177 e. The maximum absolute atomic E-state index is 12.8. The van der Waals surface area contributed by atoms with Crippen molar-refractivity contribution in [1.29, 1.82) is 0 Å². The molecule has 0 radical (unpaired) electrons. The minimum absolute atomic E-state index is 0.135. The molecule has 2 atom stereocenters. The molecule has 1 aromatic rings. The van der Waals surface area contributed by atoms with Crippen LogP contribution in [0.15, 0.2) is 29.8 Å². The second-order valence-corrected chi connectivity index (χ2v) is 5.92. The molecule has 3 rings (SSSR count). The average molecular weight is 286 g/mol. The summed E-state index contributed by atoms with van der Waals surface area (Å²) >= 11 is 0. The molecule has 112 valence electrons. The summed E-state index contributed by atoms with van der Waals surface area (Å²) in [7, 11) is 3.32. The fourth-order valence-corrected chi connectivity index (χ4v) is 3.77. The van der Waals surface area contributed by atoms with Crippen molar-refractivity contribution in [2.45, 2.75) is 38.2 Å². The second-order valence-electron chi connectivity index (χ2n) is 5.92. The number of rotatable bonds is 5. The summed E-state index contributed by atoms with van der Waals surface area (Å²) < 4.78 is 11.3. The molecule has 1 aromatic carbocycles. The Kier molecular flexibility index (Phi) is 3.62. The van der Waals surface area contributed by atoms with Crippen LogP contribution >= 0.6 is 0 Å². The van der Waals surface area contributed by atoms with E-state index in [4.69, 9.17) is 9.47 Å². The molecule has 0 amide bonds. The van der Waals surface area contributed by atoms with Crippen LogP contribution < -0.4 is 4.74 Å². The van der Waals surface area contributed by atoms with E-state index < -0.39 is 5.60 Å². The van der Waals surface area contributed by atoms with Crippen molar-refractivity contribution >= 4 is 5.78 Å². The number of fused-ring (bicyclic) bond motifs is 3. The molecule has 0 heterocycles. The third-order valence-electron chi connectivity index (χ3n) is 4.84. The normalized spacial score (nSPS) is 26.5. The number of benzene rings is 1. The van der Waals surface area contributed by atoms with E-state index in [9.17, 15) is 4.79 Å². The summed E-state index contributed by atoms with van der Waals surface area (Å²) in [6, 6.07) is 5.80. The van der Waals surface area contributed by atoms with E-state index in [0.29, 0.717) is 11.3 Å². The van der Waals surface area contributed by atoms with Gasteiger partial charge in [0.15, 0.2) is 5.78 Å². The minimum Gasteiger partial charge on any atom is -0.496 e. The summed E-state index contributed by atoms with van der Waals surface area (Å²) in [5.41, 5.74) is 2.54. The van der Waals surface area contributed by atoms with Crippen LogP contribution in [0.2, 0.25) is 0 Å². The number of Topliss-reactive ketones (excluding diaryl/α,β-unsaturated/α-hetero) is 1. The SMILES string of the molecule is CCCCC1=CC2C(=O)c3c(OC)cccc3C2(OC)C1. The van der Waals surface area contributed by atoms with Gasteiger partial charge >= 0.3 is 0 Å². The topological polar surface area (TPSA) is 35.5 Å². The maximum atomic E-state index is 12.8. The largest absolute Gasteiger partial charge is 0.496 e.